The van der Waals surface area contributed by atoms with Gasteiger partial charge < -0.3 is 15.3 Å². The van der Waals surface area contributed by atoms with Gasteiger partial charge in [0.05, 0.1) is 10.5 Å². The number of nitrogens with one attached hydrogen (secondary N) is 1. The molecule has 2 amide bonds. The van der Waals surface area contributed by atoms with E-state index < -0.39 is 22.5 Å². The molecule has 0 spiro atoms. The maximum absolute atomic E-state index is 12.4. The lowest BCUT2D eigenvalue weighted by atomic mass is 10.1. The molecular formula is C20H21N3O6. The number of carboxylic acid groups (broad SMARTS) is 1. The number of carboxylic acids is 1. The van der Waals surface area contributed by atoms with Crippen molar-refractivity contribution in [2.24, 2.45) is 0 Å². The topological polar surface area (TPSA) is 130 Å². The van der Waals surface area contributed by atoms with Crippen LogP contribution in [-0.4, -0.2) is 38.8 Å². The van der Waals surface area contributed by atoms with E-state index in [1.807, 2.05) is 13.8 Å². The van der Waals surface area contributed by atoms with Crippen molar-refractivity contribution in [2.45, 2.75) is 33.4 Å². The van der Waals surface area contributed by atoms with E-state index in [1.54, 1.807) is 29.2 Å². The number of amides is 2. The predicted molar refractivity (Wildman–Crippen MR) is 106 cm³/mol. The van der Waals surface area contributed by atoms with Gasteiger partial charge in [-0.3, -0.25) is 19.7 Å². The van der Waals surface area contributed by atoms with Crippen LogP contribution in [0.15, 0.2) is 42.5 Å². The average molecular weight is 399 g/mol. The van der Waals surface area contributed by atoms with Crippen LogP contribution in [0.25, 0.3) is 0 Å². The van der Waals surface area contributed by atoms with E-state index >= 15 is 0 Å². The van der Waals surface area contributed by atoms with E-state index in [2.05, 4.69) is 5.32 Å². The Hall–Kier alpha value is -3.75. The molecule has 0 heterocycles. The van der Waals surface area contributed by atoms with Gasteiger partial charge in [-0.25, -0.2) is 4.79 Å². The normalized spacial score (nSPS) is 10.5. The number of nitrogens with zero attached hydrogens (tertiary/aromatic N) is 2. The summed E-state index contributed by atoms with van der Waals surface area (Å²) in [5, 5.41) is 22.6. The van der Waals surface area contributed by atoms with Crippen LogP contribution in [0.2, 0.25) is 0 Å². The highest BCUT2D eigenvalue weighted by molar-refractivity contribution is 6.06. The molecule has 0 unspecified atom stereocenters. The highest BCUT2D eigenvalue weighted by Crippen LogP contribution is 2.19. The number of nitro groups is 1. The van der Waals surface area contributed by atoms with Crippen LogP contribution in [0.1, 0.15) is 47.1 Å². The minimum Gasteiger partial charge on any atom is -0.478 e. The van der Waals surface area contributed by atoms with E-state index in [1.165, 1.54) is 6.92 Å². The Bertz CT molecular complexity index is 921. The smallest absolute Gasteiger partial charge is 0.335 e. The van der Waals surface area contributed by atoms with Crippen LogP contribution in [0.3, 0.4) is 0 Å². The Kier molecular flexibility index (Phi) is 6.66. The average Bonchev–Trinajstić information content (AvgIpc) is 2.66. The number of rotatable bonds is 7. The third kappa shape index (κ3) is 5.61. The molecule has 29 heavy (non-hydrogen) atoms. The molecule has 2 aromatic rings. The molecule has 0 aliphatic heterocycles. The summed E-state index contributed by atoms with van der Waals surface area (Å²) in [4.78, 5) is 47.2. The fraction of sp³-hybridized carbons (Fsp3) is 0.250. The third-order valence-electron chi connectivity index (χ3n) is 4.23. The summed E-state index contributed by atoms with van der Waals surface area (Å²) in [5.74, 6) is -2.08. The van der Waals surface area contributed by atoms with Crippen LogP contribution in [-0.2, 0) is 11.3 Å². The van der Waals surface area contributed by atoms with E-state index in [4.69, 9.17) is 5.11 Å². The minimum absolute atomic E-state index is 0.0442. The lowest BCUT2D eigenvalue weighted by Gasteiger charge is -2.25. The molecule has 2 aromatic carbocycles. The fourth-order valence-corrected chi connectivity index (χ4v) is 2.72. The molecule has 9 nitrogen and oxygen atoms in total. The Morgan fingerprint density at radius 3 is 2.17 bits per heavy atom. The molecule has 9 heteroatoms. The van der Waals surface area contributed by atoms with Crippen LogP contribution in [0, 0.1) is 10.1 Å². The van der Waals surface area contributed by atoms with Gasteiger partial charge in [-0.15, -0.1) is 0 Å². The van der Waals surface area contributed by atoms with Gasteiger partial charge in [0.15, 0.2) is 0 Å². The number of nitro benzene ring substituents is 1. The van der Waals surface area contributed by atoms with Crippen molar-refractivity contribution in [2.75, 3.05) is 5.32 Å². The molecule has 152 valence electrons. The Balaban J connectivity index is 2.18. The summed E-state index contributed by atoms with van der Waals surface area (Å²) in [6, 6.07) is 9.82. The lowest BCUT2D eigenvalue weighted by molar-refractivity contribution is -0.384. The molecule has 0 fully saturated rings. The lowest BCUT2D eigenvalue weighted by Crippen LogP contribution is -2.34. The highest BCUT2D eigenvalue weighted by Gasteiger charge is 2.18. The molecule has 0 bridgehead atoms. The maximum atomic E-state index is 12.4. The molecular weight excluding hydrogens is 378 g/mol. The standard InChI is InChI=1S/C20H21N3O6/c1-12(2)22(13(3)24)11-14-4-6-17(7-5-14)21-19(25)15-8-16(20(26)27)10-18(9-15)23(28)29/h4-10,12H,11H2,1-3H3,(H,21,25)(H,26,27). The van der Waals surface area contributed by atoms with Crippen molar-refractivity contribution >= 4 is 29.2 Å². The molecule has 0 saturated heterocycles. The van der Waals surface area contributed by atoms with Crippen molar-refractivity contribution < 1.29 is 24.4 Å². The van der Waals surface area contributed by atoms with Gasteiger partial charge >= 0.3 is 5.97 Å². The van der Waals surface area contributed by atoms with Crippen LogP contribution in [0.4, 0.5) is 11.4 Å². The number of carbonyl (C=O) groups excluding carboxylic acids is 2. The summed E-state index contributed by atoms with van der Waals surface area (Å²) in [5.41, 5.74) is 0.334. The quantitative estimate of drug-likeness (QED) is 0.543. The van der Waals surface area contributed by atoms with Gasteiger partial charge in [0.2, 0.25) is 5.91 Å². The first-order valence-corrected chi connectivity index (χ1v) is 8.78. The monoisotopic (exact) mass is 399 g/mol. The van der Waals surface area contributed by atoms with Gasteiger partial charge in [-0.2, -0.15) is 0 Å². The van der Waals surface area contributed by atoms with Crippen molar-refractivity contribution in [3.63, 3.8) is 0 Å². The first-order chi connectivity index (χ1) is 13.6. The van der Waals surface area contributed by atoms with Crippen molar-refractivity contribution in [1.29, 1.82) is 0 Å². The van der Waals surface area contributed by atoms with Crippen LogP contribution < -0.4 is 5.32 Å². The second-order valence-corrected chi connectivity index (χ2v) is 6.72. The number of non-ortho nitro benzene ring substituents is 1. The van der Waals surface area contributed by atoms with Gasteiger partial charge in [0.1, 0.15) is 0 Å². The van der Waals surface area contributed by atoms with Crippen LogP contribution in [0.5, 0.6) is 0 Å². The zero-order valence-corrected chi connectivity index (χ0v) is 16.2. The Labute approximate surface area is 167 Å². The van der Waals surface area contributed by atoms with Gasteiger partial charge in [-0.1, -0.05) is 12.1 Å². The summed E-state index contributed by atoms with van der Waals surface area (Å²) >= 11 is 0. The van der Waals surface area contributed by atoms with Crippen LogP contribution >= 0.6 is 0 Å². The first kappa shape index (κ1) is 21.5. The zero-order chi connectivity index (χ0) is 21.7. The second-order valence-electron chi connectivity index (χ2n) is 6.72. The Morgan fingerprint density at radius 2 is 1.69 bits per heavy atom. The van der Waals surface area contributed by atoms with Crippen molar-refractivity contribution in [3.8, 4) is 0 Å². The Morgan fingerprint density at radius 1 is 1.10 bits per heavy atom. The SMILES string of the molecule is CC(=O)N(Cc1ccc(NC(=O)c2cc(C(=O)O)cc([N+](=O)[O-])c2)cc1)C(C)C. The van der Waals surface area contributed by atoms with Gasteiger partial charge in [0, 0.05) is 42.9 Å². The number of aromatic carboxylic acids is 1. The first-order valence-electron chi connectivity index (χ1n) is 8.78. The minimum atomic E-state index is -1.37. The molecule has 0 saturated carbocycles. The highest BCUT2D eigenvalue weighted by atomic mass is 16.6. The predicted octanol–water partition coefficient (Wildman–Crippen LogP) is 3.30. The molecule has 0 radical (unpaired) electrons. The van der Waals surface area contributed by atoms with Gasteiger partial charge in [-0.05, 0) is 37.6 Å². The van der Waals surface area contributed by atoms with Gasteiger partial charge in [0.25, 0.3) is 11.6 Å². The van der Waals surface area contributed by atoms with Crippen molar-refractivity contribution in [1.82, 2.24) is 4.90 Å². The molecule has 0 aliphatic rings. The summed E-state index contributed by atoms with van der Waals surface area (Å²) < 4.78 is 0. The largest absolute Gasteiger partial charge is 0.478 e. The van der Waals surface area contributed by atoms with E-state index in [0.29, 0.717) is 12.2 Å². The number of hydrogen-bond acceptors (Lipinski definition) is 5. The van der Waals surface area contributed by atoms with E-state index in [9.17, 15) is 24.5 Å². The second kappa shape index (κ2) is 8.96. The molecule has 0 aromatic heterocycles. The third-order valence-corrected chi connectivity index (χ3v) is 4.23. The van der Waals surface area contributed by atoms with E-state index in [0.717, 1.165) is 23.8 Å². The number of hydrogen-bond donors (Lipinski definition) is 2. The zero-order valence-electron chi connectivity index (χ0n) is 16.2. The summed E-state index contributed by atoms with van der Waals surface area (Å²) in [6.07, 6.45) is 0. The molecule has 2 N–H and O–H groups in total. The number of carbonyl (C=O) groups is 3. The van der Waals surface area contributed by atoms with E-state index in [-0.39, 0.29) is 23.1 Å². The fourth-order valence-electron chi connectivity index (χ4n) is 2.72. The number of anilines is 1. The molecule has 0 aliphatic carbocycles. The summed E-state index contributed by atoms with van der Waals surface area (Å²) in [6.45, 7) is 5.76. The molecule has 2 rings (SSSR count). The summed E-state index contributed by atoms with van der Waals surface area (Å²) in [7, 11) is 0. The number of benzene rings is 2. The molecule has 0 atom stereocenters. The van der Waals surface area contributed by atoms with Crippen molar-refractivity contribution in [3.05, 3.63) is 69.3 Å². The maximum Gasteiger partial charge on any atom is 0.335 e.